The third-order valence-electron chi connectivity index (χ3n) is 2.75. The largest absolute Gasteiger partial charge is 0.488 e. The number of carbonyl (C=O) groups excluding carboxylic acids is 1. The zero-order valence-corrected chi connectivity index (χ0v) is 10.7. The Morgan fingerprint density at radius 1 is 1.20 bits per heavy atom. The molecule has 0 fully saturated rings. The molecule has 0 aliphatic carbocycles. The normalized spacial score (nSPS) is 9.60. The lowest BCUT2D eigenvalue weighted by atomic mass is 10.1. The summed E-state index contributed by atoms with van der Waals surface area (Å²) in [4.78, 5) is 11.3. The van der Waals surface area contributed by atoms with E-state index >= 15 is 0 Å². The number of nitriles is 1. The van der Waals surface area contributed by atoms with E-state index in [1.54, 1.807) is 42.5 Å². The highest BCUT2D eigenvalue weighted by Gasteiger charge is 2.04. The molecule has 0 spiro atoms. The zero-order valence-electron chi connectivity index (χ0n) is 10.7. The van der Waals surface area contributed by atoms with Crippen molar-refractivity contribution in [3.05, 3.63) is 65.2 Å². The molecular weight excluding hydrogens is 254 g/mol. The first kappa shape index (κ1) is 13.6. The summed E-state index contributed by atoms with van der Waals surface area (Å²) < 4.78 is 5.59. The molecule has 0 unspecified atom stereocenters. The molecule has 2 rings (SSSR count). The maximum absolute atomic E-state index is 11.3. The molecule has 0 radical (unpaired) electrons. The van der Waals surface area contributed by atoms with Crippen LogP contribution in [0.5, 0.6) is 5.75 Å². The van der Waals surface area contributed by atoms with Crippen molar-refractivity contribution in [2.24, 2.45) is 5.84 Å². The Morgan fingerprint density at radius 3 is 2.55 bits per heavy atom. The minimum atomic E-state index is -0.340. The number of amides is 1. The summed E-state index contributed by atoms with van der Waals surface area (Å²) in [5.41, 5.74) is 3.93. The molecule has 3 N–H and O–H groups in total. The van der Waals surface area contributed by atoms with Crippen LogP contribution in [0.15, 0.2) is 48.5 Å². The fraction of sp³-hybridized carbons (Fsp3) is 0.0667. The van der Waals surface area contributed by atoms with Crippen molar-refractivity contribution in [2.45, 2.75) is 6.61 Å². The highest BCUT2D eigenvalue weighted by Crippen LogP contribution is 2.18. The first-order chi connectivity index (χ1) is 9.74. The third-order valence-corrected chi connectivity index (χ3v) is 2.75. The van der Waals surface area contributed by atoms with E-state index in [9.17, 15) is 4.79 Å². The predicted molar refractivity (Wildman–Crippen MR) is 73.6 cm³/mol. The molecule has 0 aliphatic heterocycles. The van der Waals surface area contributed by atoms with Crippen molar-refractivity contribution in [2.75, 3.05) is 0 Å². The molecule has 0 saturated carbocycles. The van der Waals surface area contributed by atoms with Crippen LogP contribution in [-0.4, -0.2) is 5.91 Å². The second-order valence-electron chi connectivity index (χ2n) is 4.07. The lowest BCUT2D eigenvalue weighted by Crippen LogP contribution is -2.29. The number of ether oxygens (including phenoxy) is 1. The third kappa shape index (κ3) is 3.13. The fourth-order valence-electron chi connectivity index (χ4n) is 1.68. The van der Waals surface area contributed by atoms with Crippen LogP contribution in [-0.2, 0) is 6.61 Å². The topological polar surface area (TPSA) is 88.1 Å². The minimum Gasteiger partial charge on any atom is -0.488 e. The molecule has 2 aromatic carbocycles. The number of nitrogens with zero attached hydrogens (tertiary/aromatic N) is 1. The predicted octanol–water partition coefficient (Wildman–Crippen LogP) is 1.74. The molecule has 20 heavy (non-hydrogen) atoms. The van der Waals surface area contributed by atoms with Crippen LogP contribution in [0.2, 0.25) is 0 Å². The summed E-state index contributed by atoms with van der Waals surface area (Å²) in [5.74, 6) is 5.25. The molecule has 0 saturated heterocycles. The van der Waals surface area contributed by atoms with Gasteiger partial charge in [0.2, 0.25) is 0 Å². The number of hydrogen-bond donors (Lipinski definition) is 2. The number of hydrogen-bond acceptors (Lipinski definition) is 4. The number of hydrazine groups is 1. The van der Waals surface area contributed by atoms with Crippen LogP contribution < -0.4 is 16.0 Å². The Morgan fingerprint density at radius 2 is 1.90 bits per heavy atom. The van der Waals surface area contributed by atoms with E-state index in [-0.39, 0.29) is 5.91 Å². The van der Waals surface area contributed by atoms with Crippen LogP contribution in [0.3, 0.4) is 0 Å². The smallest absolute Gasteiger partial charge is 0.265 e. The van der Waals surface area contributed by atoms with E-state index in [0.29, 0.717) is 23.5 Å². The summed E-state index contributed by atoms with van der Waals surface area (Å²) in [6.07, 6.45) is 0. The van der Waals surface area contributed by atoms with Gasteiger partial charge < -0.3 is 4.74 Å². The van der Waals surface area contributed by atoms with E-state index in [0.717, 1.165) is 5.56 Å². The van der Waals surface area contributed by atoms with E-state index in [1.165, 1.54) is 0 Å². The molecule has 0 aromatic heterocycles. The van der Waals surface area contributed by atoms with Gasteiger partial charge in [0, 0.05) is 5.56 Å². The first-order valence-electron chi connectivity index (χ1n) is 5.96. The van der Waals surface area contributed by atoms with Crippen molar-refractivity contribution in [3.63, 3.8) is 0 Å². The molecule has 100 valence electrons. The van der Waals surface area contributed by atoms with Gasteiger partial charge in [0.05, 0.1) is 5.56 Å². The van der Waals surface area contributed by atoms with Gasteiger partial charge in [-0.3, -0.25) is 10.2 Å². The van der Waals surface area contributed by atoms with Gasteiger partial charge >= 0.3 is 0 Å². The molecular formula is C15H13N3O2. The number of nitrogens with two attached hydrogens (primary N) is 1. The molecule has 0 atom stereocenters. The SMILES string of the molecule is N#Cc1ccccc1OCc1ccc(C(=O)NN)cc1. The summed E-state index contributed by atoms with van der Waals surface area (Å²) in [6, 6.07) is 16.0. The highest BCUT2D eigenvalue weighted by atomic mass is 16.5. The first-order valence-corrected chi connectivity index (χ1v) is 5.96. The van der Waals surface area contributed by atoms with Gasteiger partial charge in [0.15, 0.2) is 0 Å². The van der Waals surface area contributed by atoms with Gasteiger partial charge in [-0.25, -0.2) is 5.84 Å². The molecule has 5 heteroatoms. The molecule has 0 heterocycles. The maximum Gasteiger partial charge on any atom is 0.265 e. The Balaban J connectivity index is 2.04. The Hall–Kier alpha value is -2.84. The lowest BCUT2D eigenvalue weighted by molar-refractivity contribution is 0.0953. The summed E-state index contributed by atoms with van der Waals surface area (Å²) in [7, 11) is 0. The van der Waals surface area contributed by atoms with Gasteiger partial charge in [-0.15, -0.1) is 0 Å². The van der Waals surface area contributed by atoms with E-state index in [1.807, 2.05) is 6.07 Å². The Kier molecular flexibility index (Phi) is 4.32. The quantitative estimate of drug-likeness (QED) is 0.501. The van der Waals surface area contributed by atoms with Crippen molar-refractivity contribution in [3.8, 4) is 11.8 Å². The van der Waals surface area contributed by atoms with Crippen LogP contribution in [0.1, 0.15) is 21.5 Å². The monoisotopic (exact) mass is 267 g/mol. The second kappa shape index (κ2) is 6.36. The van der Waals surface area contributed by atoms with E-state index in [2.05, 4.69) is 11.5 Å². The summed E-state index contributed by atoms with van der Waals surface area (Å²) in [6.45, 7) is 0.323. The maximum atomic E-state index is 11.3. The molecule has 0 aliphatic rings. The minimum absolute atomic E-state index is 0.323. The van der Waals surface area contributed by atoms with Crippen LogP contribution in [0.4, 0.5) is 0 Å². The molecule has 5 nitrogen and oxygen atoms in total. The highest BCUT2D eigenvalue weighted by molar-refractivity contribution is 5.93. The van der Waals surface area contributed by atoms with Crippen molar-refractivity contribution in [1.29, 1.82) is 5.26 Å². The standard InChI is InChI=1S/C15H13N3O2/c16-9-13-3-1-2-4-14(13)20-10-11-5-7-12(8-6-11)15(19)18-17/h1-8H,10,17H2,(H,18,19). The zero-order chi connectivity index (χ0) is 14.4. The van der Waals surface area contributed by atoms with Crippen LogP contribution in [0, 0.1) is 11.3 Å². The van der Waals surface area contributed by atoms with E-state index in [4.69, 9.17) is 15.8 Å². The summed E-state index contributed by atoms with van der Waals surface area (Å²) >= 11 is 0. The summed E-state index contributed by atoms with van der Waals surface area (Å²) in [5, 5.41) is 8.95. The molecule has 1 amide bonds. The van der Waals surface area contributed by atoms with Gasteiger partial charge in [0.25, 0.3) is 5.91 Å². The van der Waals surface area contributed by atoms with Gasteiger partial charge in [-0.2, -0.15) is 5.26 Å². The van der Waals surface area contributed by atoms with Crippen LogP contribution >= 0.6 is 0 Å². The van der Waals surface area contributed by atoms with Crippen molar-refractivity contribution in [1.82, 2.24) is 5.43 Å². The number of para-hydroxylation sites is 1. The lowest BCUT2D eigenvalue weighted by Gasteiger charge is -2.08. The average molecular weight is 267 g/mol. The fourth-order valence-corrected chi connectivity index (χ4v) is 1.68. The number of carbonyl (C=O) groups is 1. The molecule has 0 bridgehead atoms. The molecule has 2 aromatic rings. The van der Waals surface area contributed by atoms with Gasteiger partial charge in [0.1, 0.15) is 18.4 Å². The second-order valence-corrected chi connectivity index (χ2v) is 4.07. The number of nitrogens with one attached hydrogen (secondary N) is 1. The number of nitrogen functional groups attached to an aromatic ring is 1. The Bertz CT molecular complexity index is 645. The Labute approximate surface area is 116 Å². The average Bonchev–Trinajstić information content (AvgIpc) is 2.53. The van der Waals surface area contributed by atoms with E-state index < -0.39 is 0 Å². The van der Waals surface area contributed by atoms with Crippen molar-refractivity contribution >= 4 is 5.91 Å². The number of rotatable bonds is 4. The number of benzene rings is 2. The van der Waals surface area contributed by atoms with Gasteiger partial charge in [-0.05, 0) is 29.8 Å². The van der Waals surface area contributed by atoms with Crippen LogP contribution in [0.25, 0.3) is 0 Å². The van der Waals surface area contributed by atoms with Crippen molar-refractivity contribution < 1.29 is 9.53 Å². The van der Waals surface area contributed by atoms with Gasteiger partial charge in [-0.1, -0.05) is 24.3 Å².